The van der Waals surface area contributed by atoms with Gasteiger partial charge in [-0.15, -0.1) is 4.40 Å². The number of rotatable bonds is 6. The highest BCUT2D eigenvalue weighted by molar-refractivity contribution is 8.16. The molecule has 0 bridgehead atoms. The van der Waals surface area contributed by atoms with E-state index in [1.807, 2.05) is 6.07 Å². The molecule has 2 amide bonds. The molecule has 7 nitrogen and oxygen atoms in total. The number of hydrogen-bond donors (Lipinski definition) is 1. The summed E-state index contributed by atoms with van der Waals surface area (Å²) in [6.07, 6.45) is -0.169. The minimum atomic E-state index is -4.22. The Morgan fingerprint density at radius 1 is 0.970 bits per heavy atom. The normalized spacial score (nSPS) is 17.4. The molecule has 168 valence electrons. The molecule has 0 spiro atoms. The van der Waals surface area contributed by atoms with E-state index < -0.39 is 27.0 Å². The minimum Gasteiger partial charge on any atom is -0.326 e. The van der Waals surface area contributed by atoms with Gasteiger partial charge in [-0.25, -0.2) is 4.39 Å². The first-order valence-corrected chi connectivity index (χ1v) is 12.2. The average Bonchev–Trinajstić information content (AvgIpc) is 3.09. The fraction of sp³-hybridized carbons (Fsp3) is 0.0870. The third kappa shape index (κ3) is 5.29. The van der Waals surface area contributed by atoms with Crippen LogP contribution in [-0.2, 0) is 19.6 Å². The number of amidine groups is 1. The largest absolute Gasteiger partial charge is 0.326 e. The van der Waals surface area contributed by atoms with E-state index in [2.05, 4.69) is 9.71 Å². The van der Waals surface area contributed by atoms with Crippen molar-refractivity contribution >= 4 is 50.1 Å². The summed E-state index contributed by atoms with van der Waals surface area (Å²) in [6.45, 7) is 0. The van der Waals surface area contributed by atoms with E-state index in [4.69, 9.17) is 0 Å². The first-order valence-electron chi connectivity index (χ1n) is 9.84. The number of carbonyl (C=O) groups excluding carboxylic acids is 2. The van der Waals surface area contributed by atoms with E-state index >= 15 is 0 Å². The van der Waals surface area contributed by atoms with Crippen molar-refractivity contribution in [3.63, 3.8) is 0 Å². The van der Waals surface area contributed by atoms with E-state index in [-0.39, 0.29) is 22.4 Å². The van der Waals surface area contributed by atoms with Gasteiger partial charge in [0.1, 0.15) is 11.1 Å². The number of nitrogens with one attached hydrogen (secondary N) is 1. The first-order chi connectivity index (χ1) is 15.8. The van der Waals surface area contributed by atoms with Crippen LogP contribution in [0.15, 0.2) is 94.2 Å². The highest BCUT2D eigenvalue weighted by Gasteiger charge is 2.41. The summed E-state index contributed by atoms with van der Waals surface area (Å²) in [6, 6.07) is 21.5. The van der Waals surface area contributed by atoms with Crippen molar-refractivity contribution in [3.8, 4) is 0 Å². The van der Waals surface area contributed by atoms with Crippen LogP contribution in [-0.4, -0.2) is 30.6 Å². The third-order valence-corrected chi connectivity index (χ3v) is 7.22. The van der Waals surface area contributed by atoms with E-state index in [0.717, 1.165) is 36.0 Å². The maximum atomic E-state index is 13.2. The van der Waals surface area contributed by atoms with Crippen molar-refractivity contribution in [1.82, 2.24) is 0 Å². The van der Waals surface area contributed by atoms with E-state index in [0.29, 0.717) is 11.4 Å². The molecule has 0 aliphatic carbocycles. The third-order valence-electron chi connectivity index (χ3n) is 4.69. The number of amides is 2. The van der Waals surface area contributed by atoms with Crippen molar-refractivity contribution in [1.29, 1.82) is 0 Å². The Morgan fingerprint density at radius 3 is 2.21 bits per heavy atom. The van der Waals surface area contributed by atoms with Crippen LogP contribution in [0.25, 0.3) is 0 Å². The number of halogens is 1. The summed E-state index contributed by atoms with van der Waals surface area (Å²) in [5.74, 6) is -1.42. The number of nitrogens with zero attached hydrogens (tertiary/aromatic N) is 2. The lowest BCUT2D eigenvalue weighted by Crippen LogP contribution is -2.33. The van der Waals surface area contributed by atoms with Crippen molar-refractivity contribution in [2.24, 2.45) is 4.40 Å². The number of anilines is 2. The molecule has 33 heavy (non-hydrogen) atoms. The molecule has 0 unspecified atom stereocenters. The van der Waals surface area contributed by atoms with Crippen LogP contribution in [0.4, 0.5) is 15.8 Å². The number of carbonyl (C=O) groups is 2. The quantitative estimate of drug-likeness (QED) is 0.571. The molecule has 1 fully saturated rings. The predicted molar refractivity (Wildman–Crippen MR) is 126 cm³/mol. The zero-order valence-corrected chi connectivity index (χ0v) is 18.7. The van der Waals surface area contributed by atoms with Crippen LogP contribution in [0.2, 0.25) is 0 Å². The summed E-state index contributed by atoms with van der Waals surface area (Å²) >= 11 is 0.898. The van der Waals surface area contributed by atoms with E-state index in [1.165, 1.54) is 4.90 Å². The first kappa shape index (κ1) is 22.7. The Morgan fingerprint density at radius 2 is 1.58 bits per heavy atom. The van der Waals surface area contributed by atoms with Crippen LogP contribution in [0.3, 0.4) is 0 Å². The SMILES string of the molecule is O=C(C[C@@H]1SC(=NS(=O)(=O)c2ccc(F)cc2)N(c2ccccc2)C1=O)Nc1ccccc1. The van der Waals surface area contributed by atoms with E-state index in [1.54, 1.807) is 54.6 Å². The van der Waals surface area contributed by atoms with Crippen molar-refractivity contribution < 1.29 is 22.4 Å². The number of benzene rings is 3. The summed E-state index contributed by atoms with van der Waals surface area (Å²) in [7, 11) is -4.22. The van der Waals surface area contributed by atoms with Gasteiger partial charge in [-0.3, -0.25) is 14.5 Å². The highest BCUT2D eigenvalue weighted by Crippen LogP contribution is 2.35. The summed E-state index contributed by atoms with van der Waals surface area (Å²) in [5, 5.41) is 1.78. The average molecular weight is 484 g/mol. The van der Waals surface area contributed by atoms with Gasteiger partial charge >= 0.3 is 0 Å². The van der Waals surface area contributed by atoms with Gasteiger partial charge in [0.15, 0.2) is 5.17 Å². The number of thioether (sulfide) groups is 1. The fourth-order valence-corrected chi connectivity index (χ4v) is 5.47. The molecule has 3 aromatic carbocycles. The Bertz CT molecular complexity index is 1300. The standard InChI is InChI=1S/C23H18FN3O4S2/c24-16-11-13-19(14-12-16)33(30,31)26-23-27(18-9-5-2-6-10-18)22(29)20(32-23)15-21(28)25-17-7-3-1-4-8-17/h1-14,20H,15H2,(H,25,28)/t20-/m0/s1. The number of sulfonamides is 1. The van der Waals surface area contributed by atoms with E-state index in [9.17, 15) is 22.4 Å². The zero-order valence-electron chi connectivity index (χ0n) is 17.1. The van der Waals surface area contributed by atoms with Gasteiger partial charge < -0.3 is 5.32 Å². The summed E-state index contributed by atoms with van der Waals surface area (Å²) in [5.41, 5.74) is 1.01. The topological polar surface area (TPSA) is 95.9 Å². The molecule has 1 aliphatic rings. The molecule has 3 aromatic rings. The Balaban J connectivity index is 1.63. The molecule has 1 aliphatic heterocycles. The second-order valence-electron chi connectivity index (χ2n) is 7.04. The summed E-state index contributed by atoms with van der Waals surface area (Å²) in [4.78, 5) is 26.7. The molecule has 0 aromatic heterocycles. The Labute approximate surface area is 194 Å². The van der Waals surface area contributed by atoms with Crippen LogP contribution < -0.4 is 10.2 Å². The van der Waals surface area contributed by atoms with Crippen LogP contribution in [0, 0.1) is 5.82 Å². The lowest BCUT2D eigenvalue weighted by Gasteiger charge is -2.16. The molecule has 10 heteroatoms. The molecule has 0 radical (unpaired) electrons. The molecular weight excluding hydrogens is 465 g/mol. The zero-order chi connectivity index (χ0) is 23.4. The maximum absolute atomic E-state index is 13.2. The van der Waals surface area contributed by atoms with Crippen LogP contribution in [0.1, 0.15) is 6.42 Å². The second-order valence-corrected chi connectivity index (χ2v) is 9.81. The Hall–Kier alpha value is -3.50. The smallest absolute Gasteiger partial charge is 0.284 e. The Kier molecular flexibility index (Phi) is 6.57. The monoisotopic (exact) mass is 483 g/mol. The van der Waals surface area contributed by atoms with Gasteiger partial charge in [-0.05, 0) is 48.5 Å². The predicted octanol–water partition coefficient (Wildman–Crippen LogP) is 4.05. The molecule has 1 saturated heterocycles. The van der Waals surface area contributed by atoms with Gasteiger partial charge in [0.2, 0.25) is 11.8 Å². The maximum Gasteiger partial charge on any atom is 0.284 e. The van der Waals surface area contributed by atoms with Gasteiger partial charge in [-0.1, -0.05) is 48.2 Å². The van der Waals surface area contributed by atoms with Gasteiger partial charge in [0.25, 0.3) is 10.0 Å². The van der Waals surface area contributed by atoms with Crippen LogP contribution in [0.5, 0.6) is 0 Å². The molecule has 1 N–H and O–H groups in total. The molecule has 0 saturated carbocycles. The highest BCUT2D eigenvalue weighted by atomic mass is 32.2. The fourth-order valence-electron chi connectivity index (χ4n) is 3.14. The number of para-hydroxylation sites is 2. The molecule has 4 rings (SSSR count). The molecular formula is C23H18FN3O4S2. The summed E-state index contributed by atoms with van der Waals surface area (Å²) < 4.78 is 42.7. The second kappa shape index (κ2) is 9.55. The van der Waals surface area contributed by atoms with Crippen molar-refractivity contribution in [3.05, 3.63) is 90.7 Å². The van der Waals surface area contributed by atoms with Gasteiger partial charge in [0.05, 0.1) is 10.6 Å². The molecule has 1 heterocycles. The molecule has 1 atom stereocenters. The van der Waals surface area contributed by atoms with Crippen LogP contribution >= 0.6 is 11.8 Å². The lowest BCUT2D eigenvalue weighted by molar-refractivity contribution is -0.121. The number of hydrogen-bond acceptors (Lipinski definition) is 5. The minimum absolute atomic E-state index is 0.0759. The van der Waals surface area contributed by atoms with Gasteiger partial charge in [-0.2, -0.15) is 8.42 Å². The van der Waals surface area contributed by atoms with Crippen molar-refractivity contribution in [2.45, 2.75) is 16.6 Å². The lowest BCUT2D eigenvalue weighted by atomic mass is 10.2. The van der Waals surface area contributed by atoms with Gasteiger partial charge in [0, 0.05) is 12.1 Å². The van der Waals surface area contributed by atoms with Crippen molar-refractivity contribution in [2.75, 3.05) is 10.2 Å².